The van der Waals surface area contributed by atoms with Crippen molar-refractivity contribution in [2.45, 2.75) is 40.0 Å². The van der Waals surface area contributed by atoms with E-state index in [1.165, 1.54) is 5.56 Å². The third kappa shape index (κ3) is 5.41. The summed E-state index contributed by atoms with van der Waals surface area (Å²) >= 11 is 0. The maximum atomic E-state index is 4.75. The van der Waals surface area contributed by atoms with Gasteiger partial charge in [0.1, 0.15) is 0 Å². The Bertz CT molecular complexity index is 778. The molecule has 0 spiro atoms. The van der Waals surface area contributed by atoms with Crippen molar-refractivity contribution in [1.82, 2.24) is 5.43 Å². The largest absolute Gasteiger partial charge is 0.261 e. The minimum Gasteiger partial charge on any atom is -0.261 e. The fourth-order valence-corrected chi connectivity index (χ4v) is 2.33. The van der Waals surface area contributed by atoms with Gasteiger partial charge in [-0.15, -0.1) is 6.58 Å². The standard InChI is InChI=1S/C23H29N3/c1-7-17(2)18(3)25-26-22(24-21-11-9-8-10-12-21)19-13-15-20(16-14-19)23(4,5)6/h7-17H,1H2,2-6H3,(H,24,26)/b25-18+. The van der Waals surface area contributed by atoms with Crippen molar-refractivity contribution in [2.75, 3.05) is 0 Å². The van der Waals surface area contributed by atoms with E-state index >= 15 is 0 Å². The summed E-state index contributed by atoms with van der Waals surface area (Å²) in [6.07, 6.45) is 1.88. The molecule has 0 amide bonds. The van der Waals surface area contributed by atoms with Gasteiger partial charge in [0.2, 0.25) is 0 Å². The monoisotopic (exact) mass is 347 g/mol. The molecule has 0 aliphatic heterocycles. The van der Waals surface area contributed by atoms with Gasteiger partial charge < -0.3 is 0 Å². The lowest BCUT2D eigenvalue weighted by atomic mass is 9.86. The zero-order valence-electron chi connectivity index (χ0n) is 16.5. The minimum atomic E-state index is 0.122. The first-order valence-electron chi connectivity index (χ1n) is 8.98. The molecular weight excluding hydrogens is 318 g/mol. The highest BCUT2D eigenvalue weighted by Gasteiger charge is 2.14. The quantitative estimate of drug-likeness (QED) is 0.313. The summed E-state index contributed by atoms with van der Waals surface area (Å²) in [5, 5.41) is 4.50. The predicted molar refractivity (Wildman–Crippen MR) is 113 cm³/mol. The van der Waals surface area contributed by atoms with Crippen molar-refractivity contribution in [2.24, 2.45) is 16.0 Å². The summed E-state index contributed by atoms with van der Waals surface area (Å²) in [7, 11) is 0. The zero-order chi connectivity index (χ0) is 19.2. The van der Waals surface area contributed by atoms with Crippen molar-refractivity contribution < 1.29 is 0 Å². The molecule has 0 aromatic heterocycles. The highest BCUT2D eigenvalue weighted by Crippen LogP contribution is 2.22. The Morgan fingerprint density at radius 1 is 1.04 bits per heavy atom. The molecule has 0 aliphatic rings. The lowest BCUT2D eigenvalue weighted by Crippen LogP contribution is -2.22. The third-order valence-corrected chi connectivity index (χ3v) is 4.37. The number of nitrogens with one attached hydrogen (secondary N) is 1. The summed E-state index contributed by atoms with van der Waals surface area (Å²) in [6.45, 7) is 14.5. The molecule has 136 valence electrons. The SMILES string of the molecule is C=CC(C)/C(C)=N/NC(=Nc1ccccc1)c1ccc(C(C)(C)C)cc1. The molecule has 3 nitrogen and oxygen atoms in total. The molecule has 1 N–H and O–H groups in total. The molecule has 0 aliphatic carbocycles. The van der Waals surface area contributed by atoms with Crippen molar-refractivity contribution in [3.63, 3.8) is 0 Å². The van der Waals surface area contributed by atoms with Crippen LogP contribution in [0.5, 0.6) is 0 Å². The lowest BCUT2D eigenvalue weighted by Gasteiger charge is -2.19. The van der Waals surface area contributed by atoms with Gasteiger partial charge in [-0.3, -0.25) is 5.43 Å². The highest BCUT2D eigenvalue weighted by molar-refractivity contribution is 6.01. The maximum Gasteiger partial charge on any atom is 0.154 e. The van der Waals surface area contributed by atoms with Crippen LogP contribution in [-0.2, 0) is 5.41 Å². The number of amidine groups is 1. The lowest BCUT2D eigenvalue weighted by molar-refractivity contribution is 0.590. The van der Waals surface area contributed by atoms with Crippen molar-refractivity contribution in [1.29, 1.82) is 0 Å². The second-order valence-electron chi connectivity index (χ2n) is 7.51. The van der Waals surface area contributed by atoms with Gasteiger partial charge in [0.05, 0.1) is 5.69 Å². The average molecular weight is 348 g/mol. The number of rotatable bonds is 5. The van der Waals surface area contributed by atoms with Crippen LogP contribution < -0.4 is 5.43 Å². The number of hydrogen-bond acceptors (Lipinski definition) is 2. The second-order valence-corrected chi connectivity index (χ2v) is 7.51. The summed E-state index contributed by atoms with van der Waals surface area (Å²) < 4.78 is 0. The van der Waals surface area contributed by atoms with Gasteiger partial charge in [-0.25, -0.2) is 4.99 Å². The number of hydrazone groups is 1. The highest BCUT2D eigenvalue weighted by atomic mass is 15.3. The molecule has 26 heavy (non-hydrogen) atoms. The Morgan fingerprint density at radius 3 is 2.19 bits per heavy atom. The van der Waals surface area contributed by atoms with E-state index in [4.69, 9.17) is 4.99 Å². The van der Waals surface area contributed by atoms with E-state index in [-0.39, 0.29) is 11.3 Å². The number of allylic oxidation sites excluding steroid dienone is 1. The minimum absolute atomic E-state index is 0.122. The number of hydrogen-bond donors (Lipinski definition) is 1. The summed E-state index contributed by atoms with van der Waals surface area (Å²) in [4.78, 5) is 4.75. The predicted octanol–water partition coefficient (Wildman–Crippen LogP) is 5.85. The molecule has 0 radical (unpaired) electrons. The van der Waals surface area contributed by atoms with Crippen LogP contribution in [0.4, 0.5) is 5.69 Å². The molecule has 1 unspecified atom stereocenters. The molecule has 0 bridgehead atoms. The van der Waals surface area contributed by atoms with E-state index in [0.717, 1.165) is 22.8 Å². The van der Waals surface area contributed by atoms with E-state index < -0.39 is 0 Å². The molecular formula is C23H29N3. The van der Waals surface area contributed by atoms with Gasteiger partial charge in [-0.2, -0.15) is 5.10 Å². The first kappa shape index (κ1) is 19.6. The molecule has 0 saturated carbocycles. The number of aliphatic imine (C=N–C) groups is 1. The third-order valence-electron chi connectivity index (χ3n) is 4.37. The molecule has 0 saturated heterocycles. The summed E-state index contributed by atoms with van der Waals surface area (Å²) in [5.41, 5.74) is 7.42. The summed E-state index contributed by atoms with van der Waals surface area (Å²) in [6, 6.07) is 18.4. The van der Waals surface area contributed by atoms with E-state index in [9.17, 15) is 0 Å². The van der Waals surface area contributed by atoms with Crippen LogP contribution in [0, 0.1) is 5.92 Å². The molecule has 0 heterocycles. The molecule has 3 heteroatoms. The van der Waals surface area contributed by atoms with E-state index in [2.05, 4.69) is 69.1 Å². The van der Waals surface area contributed by atoms with E-state index in [1.807, 2.05) is 43.3 Å². The fourth-order valence-electron chi connectivity index (χ4n) is 2.33. The van der Waals surface area contributed by atoms with Gasteiger partial charge in [-0.1, -0.05) is 76.2 Å². The van der Waals surface area contributed by atoms with Crippen LogP contribution in [0.1, 0.15) is 45.7 Å². The first-order chi connectivity index (χ1) is 12.3. The van der Waals surface area contributed by atoms with Crippen molar-refractivity contribution in [3.05, 3.63) is 78.4 Å². The van der Waals surface area contributed by atoms with Crippen LogP contribution in [-0.4, -0.2) is 11.5 Å². The van der Waals surface area contributed by atoms with Crippen LogP contribution >= 0.6 is 0 Å². The Hall–Kier alpha value is -2.68. The average Bonchev–Trinajstić information content (AvgIpc) is 2.64. The Labute approximate surface area is 157 Å². The van der Waals surface area contributed by atoms with Gasteiger partial charge in [0.25, 0.3) is 0 Å². The van der Waals surface area contributed by atoms with Crippen molar-refractivity contribution in [3.8, 4) is 0 Å². The van der Waals surface area contributed by atoms with Gasteiger partial charge in [0, 0.05) is 17.2 Å². The Morgan fingerprint density at radius 2 is 1.65 bits per heavy atom. The molecule has 2 rings (SSSR count). The van der Waals surface area contributed by atoms with Gasteiger partial charge in [0.15, 0.2) is 5.84 Å². The number of nitrogens with zero attached hydrogens (tertiary/aromatic N) is 2. The van der Waals surface area contributed by atoms with Gasteiger partial charge in [-0.05, 0) is 30.0 Å². The number of benzene rings is 2. The van der Waals surface area contributed by atoms with Crippen LogP contribution in [0.2, 0.25) is 0 Å². The molecule has 2 aromatic rings. The maximum absolute atomic E-state index is 4.75. The number of para-hydroxylation sites is 1. The topological polar surface area (TPSA) is 36.8 Å². The second kappa shape index (κ2) is 8.61. The van der Waals surface area contributed by atoms with Crippen LogP contribution in [0.3, 0.4) is 0 Å². The fraction of sp³-hybridized carbons (Fsp3) is 0.304. The summed E-state index contributed by atoms with van der Waals surface area (Å²) in [5.74, 6) is 0.941. The van der Waals surface area contributed by atoms with E-state index in [1.54, 1.807) is 0 Å². The van der Waals surface area contributed by atoms with Gasteiger partial charge >= 0.3 is 0 Å². The van der Waals surface area contributed by atoms with E-state index in [0.29, 0.717) is 0 Å². The Kier molecular flexibility index (Phi) is 6.51. The normalized spacial score (nSPS) is 14.0. The molecule has 2 aromatic carbocycles. The molecule has 1 atom stereocenters. The zero-order valence-corrected chi connectivity index (χ0v) is 16.5. The van der Waals surface area contributed by atoms with Crippen LogP contribution in [0.15, 0.2) is 77.3 Å². The Balaban J connectivity index is 2.37. The van der Waals surface area contributed by atoms with Crippen molar-refractivity contribution >= 4 is 17.2 Å². The molecule has 0 fully saturated rings. The van der Waals surface area contributed by atoms with Crippen LogP contribution in [0.25, 0.3) is 0 Å². The smallest absolute Gasteiger partial charge is 0.154 e. The first-order valence-corrected chi connectivity index (χ1v) is 8.98.